The third-order valence-electron chi connectivity index (χ3n) is 3.76. The molecule has 0 unspecified atom stereocenters. The fourth-order valence-electron chi connectivity index (χ4n) is 2.30. The molecule has 0 saturated heterocycles. The number of rotatable bonds is 7. The highest BCUT2D eigenvalue weighted by molar-refractivity contribution is 5.99. The van der Waals surface area contributed by atoms with Gasteiger partial charge in [0.25, 0.3) is 5.91 Å². The SMILES string of the molecule is CC(C)[C@@H](NC(=O)c1ccccc1)C(=O)OCC(=O)c1ccccc1F. The highest BCUT2D eigenvalue weighted by Crippen LogP contribution is 2.10. The van der Waals surface area contributed by atoms with Crippen molar-refractivity contribution < 1.29 is 23.5 Å². The minimum atomic E-state index is -0.920. The molecule has 5 nitrogen and oxygen atoms in total. The van der Waals surface area contributed by atoms with Crippen LogP contribution >= 0.6 is 0 Å². The summed E-state index contributed by atoms with van der Waals surface area (Å²) in [6.07, 6.45) is 0. The summed E-state index contributed by atoms with van der Waals surface area (Å²) in [5, 5.41) is 2.61. The number of hydrogen-bond acceptors (Lipinski definition) is 4. The number of carbonyl (C=O) groups is 3. The van der Waals surface area contributed by atoms with E-state index < -0.39 is 36.1 Å². The third kappa shape index (κ3) is 4.99. The van der Waals surface area contributed by atoms with Gasteiger partial charge in [-0.15, -0.1) is 0 Å². The van der Waals surface area contributed by atoms with Crippen LogP contribution in [0.5, 0.6) is 0 Å². The van der Waals surface area contributed by atoms with Crippen LogP contribution in [0.15, 0.2) is 54.6 Å². The molecular formula is C20H20FNO4. The van der Waals surface area contributed by atoms with Gasteiger partial charge >= 0.3 is 5.97 Å². The van der Waals surface area contributed by atoms with Gasteiger partial charge in [-0.3, -0.25) is 9.59 Å². The first kappa shape index (κ1) is 19.3. The quantitative estimate of drug-likeness (QED) is 0.611. The van der Waals surface area contributed by atoms with Crippen LogP contribution in [0.2, 0.25) is 0 Å². The molecule has 0 spiro atoms. The molecule has 2 aromatic carbocycles. The van der Waals surface area contributed by atoms with E-state index in [1.54, 1.807) is 44.2 Å². The van der Waals surface area contributed by atoms with Crippen LogP contribution in [0.25, 0.3) is 0 Å². The lowest BCUT2D eigenvalue weighted by atomic mass is 10.0. The van der Waals surface area contributed by atoms with Crippen molar-refractivity contribution >= 4 is 17.7 Å². The van der Waals surface area contributed by atoms with Gasteiger partial charge < -0.3 is 10.1 Å². The van der Waals surface area contributed by atoms with E-state index in [4.69, 9.17) is 4.74 Å². The molecule has 0 saturated carbocycles. The predicted octanol–water partition coefficient (Wildman–Crippen LogP) is 3.01. The second-order valence-electron chi connectivity index (χ2n) is 6.07. The molecule has 136 valence electrons. The number of carbonyl (C=O) groups excluding carboxylic acids is 3. The molecule has 1 amide bonds. The number of benzene rings is 2. The van der Waals surface area contributed by atoms with E-state index in [9.17, 15) is 18.8 Å². The molecule has 0 radical (unpaired) electrons. The Kier molecular flexibility index (Phi) is 6.60. The van der Waals surface area contributed by atoms with Crippen LogP contribution < -0.4 is 5.32 Å². The van der Waals surface area contributed by atoms with Crippen LogP contribution in [0, 0.1) is 11.7 Å². The van der Waals surface area contributed by atoms with Gasteiger partial charge in [0, 0.05) is 5.56 Å². The van der Waals surface area contributed by atoms with Crippen molar-refractivity contribution in [1.82, 2.24) is 5.32 Å². The van der Waals surface area contributed by atoms with Crippen LogP contribution in [-0.2, 0) is 9.53 Å². The largest absolute Gasteiger partial charge is 0.456 e. The zero-order valence-electron chi connectivity index (χ0n) is 14.6. The second-order valence-corrected chi connectivity index (χ2v) is 6.07. The lowest BCUT2D eigenvalue weighted by Crippen LogP contribution is -2.45. The molecular weight excluding hydrogens is 337 g/mol. The van der Waals surface area contributed by atoms with E-state index in [1.807, 2.05) is 0 Å². The summed E-state index contributed by atoms with van der Waals surface area (Å²) in [6, 6.07) is 13.0. The van der Waals surface area contributed by atoms with Crippen LogP contribution in [0.4, 0.5) is 4.39 Å². The zero-order chi connectivity index (χ0) is 19.1. The first-order valence-electron chi connectivity index (χ1n) is 8.20. The number of ether oxygens (including phenoxy) is 1. The summed E-state index contributed by atoms with van der Waals surface area (Å²) in [5.74, 6) is -2.73. The maximum absolute atomic E-state index is 13.6. The second kappa shape index (κ2) is 8.89. The number of amides is 1. The molecule has 1 atom stereocenters. The minimum absolute atomic E-state index is 0.144. The number of Topliss-reactive ketones (excluding diaryl/α,β-unsaturated/α-hetero) is 1. The topological polar surface area (TPSA) is 72.5 Å². The Hall–Kier alpha value is -3.02. The fraction of sp³-hybridized carbons (Fsp3) is 0.250. The number of ketones is 1. The van der Waals surface area contributed by atoms with Gasteiger partial charge in [-0.1, -0.05) is 44.2 Å². The monoisotopic (exact) mass is 357 g/mol. The van der Waals surface area contributed by atoms with Crippen molar-refractivity contribution in [3.05, 3.63) is 71.5 Å². The van der Waals surface area contributed by atoms with Crippen LogP contribution in [0.1, 0.15) is 34.6 Å². The Balaban J connectivity index is 1.99. The van der Waals surface area contributed by atoms with Gasteiger partial charge in [-0.2, -0.15) is 0 Å². The Morgan fingerprint density at radius 2 is 1.62 bits per heavy atom. The average Bonchev–Trinajstić information content (AvgIpc) is 2.64. The predicted molar refractivity (Wildman–Crippen MR) is 94.2 cm³/mol. The number of hydrogen-bond donors (Lipinski definition) is 1. The number of nitrogens with one attached hydrogen (secondary N) is 1. The summed E-state index contributed by atoms with van der Waals surface area (Å²) >= 11 is 0. The number of esters is 1. The molecule has 1 N–H and O–H groups in total. The van der Waals surface area contributed by atoms with Gasteiger partial charge in [-0.05, 0) is 30.2 Å². The maximum Gasteiger partial charge on any atom is 0.329 e. The molecule has 0 aliphatic carbocycles. The zero-order valence-corrected chi connectivity index (χ0v) is 14.6. The van der Waals surface area contributed by atoms with Crippen LogP contribution in [-0.4, -0.2) is 30.3 Å². The van der Waals surface area contributed by atoms with Gasteiger partial charge in [0.05, 0.1) is 5.56 Å². The Morgan fingerprint density at radius 3 is 2.23 bits per heavy atom. The Labute approximate surface area is 151 Å². The third-order valence-corrected chi connectivity index (χ3v) is 3.76. The van der Waals surface area contributed by atoms with E-state index in [1.165, 1.54) is 18.2 Å². The summed E-state index contributed by atoms with van der Waals surface area (Å²) in [5.41, 5.74) is 0.267. The highest BCUT2D eigenvalue weighted by atomic mass is 19.1. The molecule has 6 heteroatoms. The molecule has 0 heterocycles. The Bertz CT molecular complexity index is 789. The average molecular weight is 357 g/mol. The van der Waals surface area contributed by atoms with Crippen molar-refractivity contribution in [3.63, 3.8) is 0 Å². The van der Waals surface area contributed by atoms with E-state index in [0.29, 0.717) is 5.56 Å². The summed E-state index contributed by atoms with van der Waals surface area (Å²) in [4.78, 5) is 36.5. The van der Waals surface area contributed by atoms with Crippen molar-refractivity contribution in [1.29, 1.82) is 0 Å². The molecule has 2 aromatic rings. The molecule has 26 heavy (non-hydrogen) atoms. The first-order chi connectivity index (χ1) is 12.4. The summed E-state index contributed by atoms with van der Waals surface area (Å²) in [6.45, 7) is 2.90. The normalized spacial score (nSPS) is 11.7. The lowest BCUT2D eigenvalue weighted by Gasteiger charge is -2.20. The molecule has 0 fully saturated rings. The molecule has 0 bridgehead atoms. The van der Waals surface area contributed by atoms with Gasteiger partial charge in [0.15, 0.2) is 6.61 Å². The fourth-order valence-corrected chi connectivity index (χ4v) is 2.30. The first-order valence-corrected chi connectivity index (χ1v) is 8.20. The highest BCUT2D eigenvalue weighted by Gasteiger charge is 2.27. The van der Waals surface area contributed by atoms with Gasteiger partial charge in [-0.25, -0.2) is 9.18 Å². The van der Waals surface area contributed by atoms with Gasteiger partial charge in [0.1, 0.15) is 11.9 Å². The smallest absolute Gasteiger partial charge is 0.329 e. The van der Waals surface area contributed by atoms with E-state index in [2.05, 4.69) is 5.32 Å². The van der Waals surface area contributed by atoms with Gasteiger partial charge in [0.2, 0.25) is 5.78 Å². The molecule has 0 aliphatic heterocycles. The van der Waals surface area contributed by atoms with E-state index in [-0.39, 0.29) is 11.5 Å². The van der Waals surface area contributed by atoms with Crippen molar-refractivity contribution in [2.45, 2.75) is 19.9 Å². The minimum Gasteiger partial charge on any atom is -0.456 e. The van der Waals surface area contributed by atoms with Crippen molar-refractivity contribution in [3.8, 4) is 0 Å². The van der Waals surface area contributed by atoms with Crippen LogP contribution in [0.3, 0.4) is 0 Å². The lowest BCUT2D eigenvalue weighted by molar-refractivity contribution is -0.145. The standard InChI is InChI=1S/C20H20FNO4/c1-13(2)18(22-19(24)14-8-4-3-5-9-14)20(25)26-12-17(23)15-10-6-7-11-16(15)21/h3-11,13,18H,12H2,1-2H3,(H,22,24)/t18-/m1/s1. The molecule has 0 aliphatic rings. The van der Waals surface area contributed by atoms with E-state index in [0.717, 1.165) is 6.07 Å². The Morgan fingerprint density at radius 1 is 1.00 bits per heavy atom. The summed E-state index contributed by atoms with van der Waals surface area (Å²) < 4.78 is 18.6. The van der Waals surface area contributed by atoms with E-state index >= 15 is 0 Å². The van der Waals surface area contributed by atoms with Crippen molar-refractivity contribution in [2.24, 2.45) is 5.92 Å². The van der Waals surface area contributed by atoms with Crippen molar-refractivity contribution in [2.75, 3.05) is 6.61 Å². The number of halogens is 1. The molecule has 0 aromatic heterocycles. The summed E-state index contributed by atoms with van der Waals surface area (Å²) in [7, 11) is 0. The molecule has 2 rings (SSSR count). The maximum atomic E-state index is 13.6.